The van der Waals surface area contributed by atoms with Crippen molar-refractivity contribution in [2.45, 2.75) is 0 Å². The van der Waals surface area contributed by atoms with Crippen molar-refractivity contribution in [1.29, 1.82) is 0 Å². The molecule has 0 bridgehead atoms. The summed E-state index contributed by atoms with van der Waals surface area (Å²) >= 11 is 3.59. The predicted octanol–water partition coefficient (Wildman–Crippen LogP) is 8.51. The van der Waals surface area contributed by atoms with Gasteiger partial charge in [-0.25, -0.2) is 4.98 Å². The second-order valence-corrected chi connectivity index (χ2v) is 8.37. The van der Waals surface area contributed by atoms with Crippen LogP contribution in [0, 0.1) is 0 Å². The summed E-state index contributed by atoms with van der Waals surface area (Å²) in [6.45, 7) is 0. The summed E-state index contributed by atoms with van der Waals surface area (Å²) in [4.78, 5) is 4.99. The number of hydrogen-bond donors (Lipinski definition) is 0. The lowest BCUT2D eigenvalue weighted by Gasteiger charge is -2.11. The predicted molar refractivity (Wildman–Crippen MR) is 134 cm³/mol. The van der Waals surface area contributed by atoms with Gasteiger partial charge in [0.1, 0.15) is 0 Å². The molecule has 1 nitrogen and oxygen atoms in total. The zero-order valence-electron chi connectivity index (χ0n) is 16.9. The molecule has 0 aliphatic rings. The summed E-state index contributed by atoms with van der Waals surface area (Å²) in [5.41, 5.74) is 8.90. The van der Waals surface area contributed by atoms with E-state index in [-0.39, 0.29) is 0 Å². The van der Waals surface area contributed by atoms with Gasteiger partial charge in [-0.3, -0.25) is 0 Å². The Kier molecular flexibility index (Phi) is 5.47. The standard InChI is InChI=1S/C29H20BrN/c30-27-16-8-15-25(18-27)23-13-7-14-24(17-23)26-19-28(21-9-3-1-4-10-21)31-29(20-26)22-11-5-2-6-12-22/h1-20H. The fourth-order valence-corrected chi connectivity index (χ4v) is 4.16. The molecule has 0 radical (unpaired) electrons. The lowest BCUT2D eigenvalue weighted by atomic mass is 9.97. The number of halogens is 1. The molecule has 0 saturated carbocycles. The van der Waals surface area contributed by atoms with Crippen LogP contribution >= 0.6 is 15.9 Å². The largest absolute Gasteiger partial charge is 0.248 e. The summed E-state index contributed by atoms with van der Waals surface area (Å²) in [7, 11) is 0. The van der Waals surface area contributed by atoms with Gasteiger partial charge in [0.25, 0.3) is 0 Å². The molecule has 5 aromatic rings. The third-order valence-electron chi connectivity index (χ3n) is 5.32. The molecule has 0 unspecified atom stereocenters. The van der Waals surface area contributed by atoms with Crippen LogP contribution in [0.4, 0.5) is 0 Å². The number of nitrogens with zero attached hydrogens (tertiary/aromatic N) is 1. The zero-order valence-corrected chi connectivity index (χ0v) is 18.5. The number of aromatic nitrogens is 1. The van der Waals surface area contributed by atoms with Gasteiger partial charge in [-0.2, -0.15) is 0 Å². The van der Waals surface area contributed by atoms with Gasteiger partial charge in [0.05, 0.1) is 11.4 Å². The third-order valence-corrected chi connectivity index (χ3v) is 5.81. The minimum absolute atomic E-state index is 0.977. The molecular weight excluding hydrogens is 442 g/mol. The van der Waals surface area contributed by atoms with Crippen LogP contribution in [0.5, 0.6) is 0 Å². The van der Waals surface area contributed by atoms with Gasteiger partial charge in [-0.15, -0.1) is 0 Å². The first-order chi connectivity index (χ1) is 15.3. The van der Waals surface area contributed by atoms with Crippen LogP contribution in [0.3, 0.4) is 0 Å². The van der Waals surface area contributed by atoms with Gasteiger partial charge in [-0.1, -0.05) is 107 Å². The van der Waals surface area contributed by atoms with Gasteiger partial charge in [0.2, 0.25) is 0 Å². The van der Waals surface area contributed by atoms with E-state index in [0.717, 1.165) is 32.6 Å². The highest BCUT2D eigenvalue weighted by atomic mass is 79.9. The maximum atomic E-state index is 4.99. The molecule has 148 valence electrons. The molecule has 2 heteroatoms. The Morgan fingerprint density at radius 2 is 0.839 bits per heavy atom. The Bertz CT molecular complexity index is 1270. The third kappa shape index (κ3) is 4.35. The van der Waals surface area contributed by atoms with E-state index in [0.29, 0.717) is 0 Å². The highest BCUT2D eigenvalue weighted by Crippen LogP contribution is 2.32. The average molecular weight is 462 g/mol. The minimum Gasteiger partial charge on any atom is -0.248 e. The fourth-order valence-electron chi connectivity index (χ4n) is 3.76. The van der Waals surface area contributed by atoms with E-state index in [1.807, 2.05) is 12.1 Å². The van der Waals surface area contributed by atoms with Crippen LogP contribution in [-0.4, -0.2) is 4.98 Å². The van der Waals surface area contributed by atoms with E-state index in [9.17, 15) is 0 Å². The molecular formula is C29H20BrN. The van der Waals surface area contributed by atoms with E-state index in [4.69, 9.17) is 4.98 Å². The van der Waals surface area contributed by atoms with E-state index >= 15 is 0 Å². The molecule has 0 aliphatic carbocycles. The van der Waals surface area contributed by atoms with Gasteiger partial charge in [0, 0.05) is 15.6 Å². The summed E-state index contributed by atoms with van der Waals surface area (Å²) in [5.74, 6) is 0. The molecule has 5 rings (SSSR count). The molecule has 0 atom stereocenters. The van der Waals surface area contributed by atoms with E-state index < -0.39 is 0 Å². The van der Waals surface area contributed by atoms with Crippen molar-refractivity contribution in [2.75, 3.05) is 0 Å². The van der Waals surface area contributed by atoms with E-state index in [2.05, 4.69) is 125 Å². The topological polar surface area (TPSA) is 12.9 Å². The van der Waals surface area contributed by atoms with Crippen LogP contribution in [0.1, 0.15) is 0 Å². The van der Waals surface area contributed by atoms with E-state index in [1.165, 1.54) is 16.7 Å². The van der Waals surface area contributed by atoms with Crippen molar-refractivity contribution in [3.05, 3.63) is 126 Å². The van der Waals surface area contributed by atoms with Gasteiger partial charge >= 0.3 is 0 Å². The maximum Gasteiger partial charge on any atom is 0.0715 e. The molecule has 0 N–H and O–H groups in total. The first-order valence-corrected chi connectivity index (χ1v) is 11.0. The Morgan fingerprint density at radius 3 is 1.39 bits per heavy atom. The Hall–Kier alpha value is -3.49. The average Bonchev–Trinajstić information content (AvgIpc) is 2.85. The van der Waals surface area contributed by atoms with Gasteiger partial charge < -0.3 is 0 Å². The lowest BCUT2D eigenvalue weighted by Crippen LogP contribution is -1.91. The first kappa shape index (κ1) is 19.5. The quantitative estimate of drug-likeness (QED) is 0.261. The Labute approximate surface area is 191 Å². The lowest BCUT2D eigenvalue weighted by molar-refractivity contribution is 1.32. The Morgan fingerprint density at radius 1 is 0.387 bits per heavy atom. The van der Waals surface area contributed by atoms with Crippen LogP contribution in [-0.2, 0) is 0 Å². The van der Waals surface area contributed by atoms with Crippen molar-refractivity contribution in [1.82, 2.24) is 4.98 Å². The van der Waals surface area contributed by atoms with Crippen molar-refractivity contribution < 1.29 is 0 Å². The number of pyridine rings is 1. The number of hydrogen-bond acceptors (Lipinski definition) is 1. The second kappa shape index (κ2) is 8.71. The molecule has 1 heterocycles. The monoisotopic (exact) mass is 461 g/mol. The maximum absolute atomic E-state index is 4.99. The van der Waals surface area contributed by atoms with Crippen LogP contribution in [0.2, 0.25) is 0 Å². The first-order valence-electron chi connectivity index (χ1n) is 10.3. The van der Waals surface area contributed by atoms with Gasteiger partial charge in [0.15, 0.2) is 0 Å². The molecule has 1 aromatic heterocycles. The van der Waals surface area contributed by atoms with Crippen molar-refractivity contribution in [3.8, 4) is 44.8 Å². The van der Waals surface area contributed by atoms with Crippen LogP contribution in [0.15, 0.2) is 126 Å². The Balaban J connectivity index is 1.66. The number of benzene rings is 4. The van der Waals surface area contributed by atoms with Crippen LogP contribution in [0.25, 0.3) is 44.8 Å². The molecule has 0 spiro atoms. The van der Waals surface area contributed by atoms with Gasteiger partial charge in [-0.05, 0) is 52.6 Å². The number of rotatable bonds is 4. The van der Waals surface area contributed by atoms with E-state index in [1.54, 1.807) is 0 Å². The molecule has 0 saturated heterocycles. The summed E-state index contributed by atoms with van der Waals surface area (Å²) < 4.78 is 1.08. The molecule has 0 fully saturated rings. The highest BCUT2D eigenvalue weighted by molar-refractivity contribution is 9.10. The second-order valence-electron chi connectivity index (χ2n) is 7.45. The highest BCUT2D eigenvalue weighted by Gasteiger charge is 2.10. The summed E-state index contributed by atoms with van der Waals surface area (Å²) in [6.07, 6.45) is 0. The SMILES string of the molecule is Brc1cccc(-c2cccc(-c3cc(-c4ccccc4)nc(-c4ccccc4)c3)c2)c1. The summed E-state index contributed by atoms with van der Waals surface area (Å²) in [6, 6.07) is 42.2. The molecule has 0 amide bonds. The minimum atomic E-state index is 0.977. The molecule has 4 aromatic carbocycles. The summed E-state index contributed by atoms with van der Waals surface area (Å²) in [5, 5.41) is 0. The zero-order chi connectivity index (χ0) is 21.0. The normalized spacial score (nSPS) is 10.7. The molecule has 31 heavy (non-hydrogen) atoms. The van der Waals surface area contributed by atoms with Crippen molar-refractivity contribution >= 4 is 15.9 Å². The smallest absolute Gasteiger partial charge is 0.0715 e. The molecule has 0 aliphatic heterocycles. The van der Waals surface area contributed by atoms with Crippen molar-refractivity contribution in [2.24, 2.45) is 0 Å². The fraction of sp³-hybridized carbons (Fsp3) is 0. The van der Waals surface area contributed by atoms with Crippen molar-refractivity contribution in [3.63, 3.8) is 0 Å². The van der Waals surface area contributed by atoms with Crippen LogP contribution < -0.4 is 0 Å².